The van der Waals surface area contributed by atoms with Crippen molar-refractivity contribution in [1.82, 2.24) is 29.0 Å². The molecule has 2 aromatic carbocycles. The van der Waals surface area contributed by atoms with Gasteiger partial charge in [0.2, 0.25) is 11.6 Å². The highest BCUT2D eigenvalue weighted by Crippen LogP contribution is 2.39. The first kappa shape index (κ1) is 20.7. The fourth-order valence-electron chi connectivity index (χ4n) is 4.55. The van der Waals surface area contributed by atoms with Crippen molar-refractivity contribution in [2.75, 3.05) is 19.4 Å². The molecule has 0 saturated heterocycles. The third-order valence-corrected chi connectivity index (χ3v) is 6.41. The molecule has 3 aromatic heterocycles. The molecule has 5 aromatic rings. The van der Waals surface area contributed by atoms with E-state index in [0.29, 0.717) is 29.0 Å². The molecule has 1 aliphatic heterocycles. The van der Waals surface area contributed by atoms with Crippen LogP contribution in [0.5, 0.6) is 5.75 Å². The zero-order chi connectivity index (χ0) is 24.3. The van der Waals surface area contributed by atoms with Gasteiger partial charge >= 0.3 is 0 Å². The minimum atomic E-state index is -0.289. The van der Waals surface area contributed by atoms with Gasteiger partial charge in [0.1, 0.15) is 23.7 Å². The third-order valence-electron chi connectivity index (χ3n) is 6.41. The summed E-state index contributed by atoms with van der Waals surface area (Å²) in [5, 5.41) is 4.44. The number of carbonyl (C=O) groups excluding carboxylic acids is 1. The van der Waals surface area contributed by atoms with E-state index in [9.17, 15) is 4.79 Å². The molecule has 0 aliphatic carbocycles. The number of nitrogens with two attached hydrogens (primary N) is 1. The summed E-state index contributed by atoms with van der Waals surface area (Å²) in [5.41, 5.74) is 11.1. The van der Waals surface area contributed by atoms with Crippen LogP contribution in [0.15, 0.2) is 55.1 Å². The number of imidazole rings is 1. The molecule has 1 atom stereocenters. The molecule has 0 unspecified atom stereocenters. The average Bonchev–Trinajstić information content (AvgIpc) is 3.61. The van der Waals surface area contributed by atoms with Crippen LogP contribution >= 0.6 is 0 Å². The molecule has 6 rings (SSSR count). The van der Waals surface area contributed by atoms with Gasteiger partial charge in [-0.15, -0.1) is 0 Å². The van der Waals surface area contributed by atoms with Gasteiger partial charge in [-0.25, -0.2) is 14.8 Å². The van der Waals surface area contributed by atoms with Crippen LogP contribution in [0.2, 0.25) is 0 Å². The van der Waals surface area contributed by atoms with Crippen molar-refractivity contribution < 1.29 is 9.53 Å². The van der Waals surface area contributed by atoms with Crippen molar-refractivity contribution in [3.05, 3.63) is 77.7 Å². The Labute approximate surface area is 200 Å². The Morgan fingerprint density at radius 3 is 2.89 bits per heavy atom. The van der Waals surface area contributed by atoms with E-state index in [0.717, 1.165) is 22.6 Å². The number of ether oxygens (including phenoxy) is 1. The highest BCUT2D eigenvalue weighted by Gasteiger charge is 2.32. The monoisotopic (exact) mass is 464 g/mol. The number of nitrogens with zero attached hydrogens (tertiary/aromatic N) is 7. The predicted molar refractivity (Wildman–Crippen MR) is 130 cm³/mol. The standard InChI is InChI=1S/C25H20N8O2/c1-27-18-10-19-20(33-13-28-11-21(33)24(26)29-19)9-16(18)25(34)32(3)22-12-35-23-8-14(4-5-15(22)23)17-6-7-31(2)30-17/h4-11,13,22H,12H2,2-3H3,(H2,26,29)/t22-/m1/s1. The molecule has 0 saturated carbocycles. The number of carbonyl (C=O) groups is 1. The number of aromatic nitrogens is 5. The van der Waals surface area contributed by atoms with Crippen LogP contribution in [-0.4, -0.2) is 48.6 Å². The van der Waals surface area contributed by atoms with E-state index in [2.05, 4.69) is 19.9 Å². The Hall–Kier alpha value is -4.91. The number of anilines is 1. The summed E-state index contributed by atoms with van der Waals surface area (Å²) < 4.78 is 9.47. The van der Waals surface area contributed by atoms with E-state index in [-0.39, 0.29) is 23.2 Å². The summed E-state index contributed by atoms with van der Waals surface area (Å²) in [6, 6.07) is 10.8. The number of hydrogen-bond acceptors (Lipinski definition) is 6. The lowest BCUT2D eigenvalue weighted by molar-refractivity contribution is 0.0710. The van der Waals surface area contributed by atoms with Crippen LogP contribution in [0.3, 0.4) is 0 Å². The fourth-order valence-corrected chi connectivity index (χ4v) is 4.55. The maximum atomic E-state index is 13.6. The maximum Gasteiger partial charge on any atom is 0.243 e. The number of likely N-dealkylation sites (N-methyl/N-ethyl adjacent to an activating group) is 1. The molecule has 1 aliphatic rings. The van der Waals surface area contributed by atoms with E-state index in [1.165, 1.54) is 0 Å². The van der Waals surface area contributed by atoms with E-state index < -0.39 is 0 Å². The second kappa shape index (κ2) is 7.56. The lowest BCUT2D eigenvalue weighted by Crippen LogP contribution is -2.32. The summed E-state index contributed by atoms with van der Waals surface area (Å²) in [6.45, 7) is 7.99. The van der Waals surface area contributed by atoms with E-state index in [1.807, 2.05) is 37.5 Å². The molecular formula is C25H20N8O2. The number of hydrogen-bond donors (Lipinski definition) is 1. The van der Waals surface area contributed by atoms with Gasteiger partial charge in [-0.1, -0.05) is 12.1 Å². The zero-order valence-electron chi connectivity index (χ0n) is 19.0. The lowest BCUT2D eigenvalue weighted by Gasteiger charge is -2.24. The van der Waals surface area contributed by atoms with Crippen molar-refractivity contribution in [2.45, 2.75) is 6.04 Å². The Kier molecular flexibility index (Phi) is 4.47. The summed E-state index contributed by atoms with van der Waals surface area (Å²) in [6.07, 6.45) is 5.12. The van der Waals surface area contributed by atoms with Gasteiger partial charge < -0.3 is 15.4 Å². The summed E-state index contributed by atoms with van der Waals surface area (Å²) in [5.74, 6) is 0.756. The van der Waals surface area contributed by atoms with Gasteiger partial charge in [0.25, 0.3) is 0 Å². The first-order chi connectivity index (χ1) is 16.9. The summed E-state index contributed by atoms with van der Waals surface area (Å²) in [7, 11) is 3.60. The lowest BCUT2D eigenvalue weighted by atomic mass is 10.0. The van der Waals surface area contributed by atoms with Crippen molar-refractivity contribution in [1.29, 1.82) is 0 Å². The third kappa shape index (κ3) is 3.17. The predicted octanol–water partition coefficient (Wildman–Crippen LogP) is 3.62. The van der Waals surface area contributed by atoms with Crippen LogP contribution in [-0.2, 0) is 7.05 Å². The van der Waals surface area contributed by atoms with Gasteiger partial charge in [-0.3, -0.25) is 13.9 Å². The van der Waals surface area contributed by atoms with Gasteiger partial charge in [0.05, 0.1) is 41.9 Å². The molecule has 10 heteroatoms. The molecule has 35 heavy (non-hydrogen) atoms. The minimum absolute atomic E-state index is 0.213. The van der Waals surface area contributed by atoms with Crippen LogP contribution < -0.4 is 10.5 Å². The van der Waals surface area contributed by atoms with Crippen LogP contribution in [0, 0.1) is 6.57 Å². The first-order valence-electron chi connectivity index (χ1n) is 10.9. The molecule has 4 heterocycles. The van der Waals surface area contributed by atoms with Gasteiger partial charge in [0, 0.05) is 37.0 Å². The van der Waals surface area contributed by atoms with Crippen molar-refractivity contribution in [3.8, 4) is 17.0 Å². The SMILES string of the molecule is [C-]#[N+]c1cc2nc(N)c3cncn3c2cc1C(=O)N(C)[C@@H]1COc2cc(-c3ccn(C)n3)ccc21. The Morgan fingerprint density at radius 1 is 1.26 bits per heavy atom. The first-order valence-corrected chi connectivity index (χ1v) is 10.9. The highest BCUT2D eigenvalue weighted by molar-refractivity contribution is 6.04. The molecule has 10 nitrogen and oxygen atoms in total. The number of aryl methyl sites for hydroxylation is 1. The van der Waals surface area contributed by atoms with Gasteiger partial charge in [-0.05, 0) is 24.3 Å². The quantitative estimate of drug-likeness (QED) is 0.409. The van der Waals surface area contributed by atoms with E-state index in [4.69, 9.17) is 17.0 Å². The molecular weight excluding hydrogens is 444 g/mol. The van der Waals surface area contributed by atoms with Gasteiger partial charge in [0.15, 0.2) is 0 Å². The number of fused-ring (bicyclic) bond motifs is 4. The number of rotatable bonds is 3. The molecule has 2 N–H and O–H groups in total. The molecule has 0 radical (unpaired) electrons. The molecule has 0 fully saturated rings. The van der Waals surface area contributed by atoms with Crippen molar-refractivity contribution in [2.24, 2.45) is 7.05 Å². The molecule has 0 bridgehead atoms. The molecule has 172 valence electrons. The Bertz CT molecular complexity index is 1690. The van der Waals surface area contributed by atoms with E-state index in [1.54, 1.807) is 45.7 Å². The number of nitrogen functional groups attached to an aromatic ring is 1. The number of amides is 1. The van der Waals surface area contributed by atoms with Crippen LogP contribution in [0.4, 0.5) is 11.5 Å². The normalized spacial score (nSPS) is 14.6. The number of benzene rings is 2. The molecule has 0 spiro atoms. The van der Waals surface area contributed by atoms with Gasteiger partial charge in [-0.2, -0.15) is 5.10 Å². The molecule has 1 amide bonds. The fraction of sp³-hybridized carbons (Fsp3) is 0.160. The zero-order valence-corrected chi connectivity index (χ0v) is 19.0. The summed E-state index contributed by atoms with van der Waals surface area (Å²) in [4.78, 5) is 27.4. The minimum Gasteiger partial charge on any atom is -0.491 e. The largest absolute Gasteiger partial charge is 0.491 e. The Balaban J connectivity index is 1.37. The van der Waals surface area contributed by atoms with Crippen molar-refractivity contribution >= 4 is 34.0 Å². The van der Waals surface area contributed by atoms with Crippen LogP contribution in [0.25, 0.3) is 32.7 Å². The second-order valence-corrected chi connectivity index (χ2v) is 8.49. The van der Waals surface area contributed by atoms with Crippen LogP contribution in [0.1, 0.15) is 22.0 Å². The topological polar surface area (TPSA) is 108 Å². The summed E-state index contributed by atoms with van der Waals surface area (Å²) >= 11 is 0. The average molecular weight is 464 g/mol. The Morgan fingerprint density at radius 2 is 2.11 bits per heavy atom. The maximum absolute atomic E-state index is 13.6. The van der Waals surface area contributed by atoms with E-state index >= 15 is 0 Å². The highest BCUT2D eigenvalue weighted by atomic mass is 16.5. The second-order valence-electron chi connectivity index (χ2n) is 8.49. The van der Waals surface area contributed by atoms with Crippen molar-refractivity contribution in [3.63, 3.8) is 0 Å². The smallest absolute Gasteiger partial charge is 0.243 e.